The fourth-order valence-corrected chi connectivity index (χ4v) is 1.46. The summed E-state index contributed by atoms with van der Waals surface area (Å²) in [7, 11) is 0. The number of alkyl halides is 1. The Bertz CT molecular complexity index is 368. The SMILES string of the molecule is Cc1cc(C(=O)NC(C)CCl)ccc1Br. The highest BCUT2D eigenvalue weighted by Crippen LogP contribution is 2.17. The van der Waals surface area contributed by atoms with Gasteiger partial charge in [0.1, 0.15) is 0 Å². The second kappa shape index (κ2) is 5.52. The summed E-state index contributed by atoms with van der Waals surface area (Å²) in [4.78, 5) is 11.7. The Kier molecular flexibility index (Phi) is 4.61. The van der Waals surface area contributed by atoms with Crippen molar-refractivity contribution in [2.24, 2.45) is 0 Å². The third kappa shape index (κ3) is 3.50. The average molecular weight is 291 g/mol. The van der Waals surface area contributed by atoms with E-state index >= 15 is 0 Å². The number of carbonyl (C=O) groups is 1. The molecule has 0 aliphatic rings. The Morgan fingerprint density at radius 3 is 2.80 bits per heavy atom. The van der Waals surface area contributed by atoms with Crippen molar-refractivity contribution >= 4 is 33.4 Å². The molecule has 1 atom stereocenters. The number of amides is 1. The van der Waals surface area contributed by atoms with Gasteiger partial charge in [-0.05, 0) is 37.6 Å². The van der Waals surface area contributed by atoms with E-state index < -0.39 is 0 Å². The highest BCUT2D eigenvalue weighted by atomic mass is 79.9. The molecule has 0 aromatic heterocycles. The summed E-state index contributed by atoms with van der Waals surface area (Å²) in [5, 5.41) is 2.81. The molecule has 2 nitrogen and oxygen atoms in total. The normalized spacial score (nSPS) is 12.3. The third-order valence-electron chi connectivity index (χ3n) is 2.03. The van der Waals surface area contributed by atoms with Gasteiger partial charge in [0.25, 0.3) is 5.91 Å². The molecule has 0 heterocycles. The van der Waals surface area contributed by atoms with E-state index in [2.05, 4.69) is 21.2 Å². The van der Waals surface area contributed by atoms with Gasteiger partial charge in [0.05, 0.1) is 0 Å². The minimum atomic E-state index is -0.0845. The first kappa shape index (κ1) is 12.5. The monoisotopic (exact) mass is 289 g/mol. The van der Waals surface area contributed by atoms with Crippen molar-refractivity contribution < 1.29 is 4.79 Å². The minimum Gasteiger partial charge on any atom is -0.348 e. The first-order valence-electron chi connectivity index (χ1n) is 4.67. The summed E-state index contributed by atoms with van der Waals surface area (Å²) < 4.78 is 1.00. The van der Waals surface area contributed by atoms with Crippen LogP contribution in [0.1, 0.15) is 22.8 Å². The smallest absolute Gasteiger partial charge is 0.251 e. The van der Waals surface area contributed by atoms with E-state index in [4.69, 9.17) is 11.6 Å². The van der Waals surface area contributed by atoms with Crippen LogP contribution in [0.2, 0.25) is 0 Å². The molecule has 4 heteroatoms. The second-order valence-corrected chi connectivity index (χ2v) is 4.66. The van der Waals surface area contributed by atoms with Gasteiger partial charge < -0.3 is 5.32 Å². The zero-order valence-corrected chi connectivity index (χ0v) is 11.0. The van der Waals surface area contributed by atoms with Crippen LogP contribution in [0.15, 0.2) is 22.7 Å². The van der Waals surface area contributed by atoms with E-state index in [-0.39, 0.29) is 11.9 Å². The van der Waals surface area contributed by atoms with Crippen LogP contribution in [0.4, 0.5) is 0 Å². The number of carbonyl (C=O) groups excluding carboxylic acids is 1. The first-order valence-corrected chi connectivity index (χ1v) is 6.00. The maximum atomic E-state index is 11.7. The molecule has 0 radical (unpaired) electrons. The molecule has 1 aromatic rings. The molecule has 0 spiro atoms. The summed E-state index contributed by atoms with van der Waals surface area (Å²) in [6.45, 7) is 3.82. The lowest BCUT2D eigenvalue weighted by molar-refractivity contribution is 0.0943. The average Bonchev–Trinajstić information content (AvgIpc) is 2.21. The van der Waals surface area contributed by atoms with Gasteiger partial charge in [-0.15, -0.1) is 11.6 Å². The van der Waals surface area contributed by atoms with E-state index in [1.54, 1.807) is 6.07 Å². The fourth-order valence-electron chi connectivity index (χ4n) is 1.13. The number of rotatable bonds is 3. The number of halogens is 2. The summed E-state index contributed by atoms with van der Waals surface area (Å²) in [5.41, 5.74) is 1.70. The van der Waals surface area contributed by atoms with Crippen molar-refractivity contribution in [1.29, 1.82) is 0 Å². The first-order chi connectivity index (χ1) is 7.04. The van der Waals surface area contributed by atoms with Crippen LogP contribution in [0, 0.1) is 6.92 Å². The molecule has 0 saturated heterocycles. The van der Waals surface area contributed by atoms with Crippen LogP contribution >= 0.6 is 27.5 Å². The minimum absolute atomic E-state index is 0.0110. The van der Waals surface area contributed by atoms with Crippen LogP contribution in [0.5, 0.6) is 0 Å². The molecule has 15 heavy (non-hydrogen) atoms. The summed E-state index contributed by atoms with van der Waals surface area (Å²) in [6.07, 6.45) is 0. The van der Waals surface area contributed by atoms with Crippen molar-refractivity contribution in [3.05, 3.63) is 33.8 Å². The van der Waals surface area contributed by atoms with Crippen molar-refractivity contribution in [3.63, 3.8) is 0 Å². The van der Waals surface area contributed by atoms with E-state index in [0.717, 1.165) is 10.0 Å². The summed E-state index contributed by atoms with van der Waals surface area (Å²) in [6, 6.07) is 5.49. The molecule has 1 aromatic carbocycles. The Labute approximate surface area is 103 Å². The molecular weight excluding hydrogens is 277 g/mol. The van der Waals surface area contributed by atoms with Crippen LogP contribution in [-0.4, -0.2) is 17.8 Å². The van der Waals surface area contributed by atoms with Crippen molar-refractivity contribution in [3.8, 4) is 0 Å². The van der Waals surface area contributed by atoms with Gasteiger partial charge in [-0.2, -0.15) is 0 Å². The number of hydrogen-bond donors (Lipinski definition) is 1. The zero-order chi connectivity index (χ0) is 11.4. The number of benzene rings is 1. The predicted molar refractivity (Wildman–Crippen MR) is 66.5 cm³/mol. The summed E-state index contributed by atoms with van der Waals surface area (Å²) >= 11 is 9.01. The molecule has 1 unspecified atom stereocenters. The molecule has 0 fully saturated rings. The maximum Gasteiger partial charge on any atom is 0.251 e. The topological polar surface area (TPSA) is 29.1 Å². The molecule has 0 saturated carbocycles. The highest BCUT2D eigenvalue weighted by molar-refractivity contribution is 9.10. The van der Waals surface area contributed by atoms with Crippen LogP contribution in [0.25, 0.3) is 0 Å². The number of hydrogen-bond acceptors (Lipinski definition) is 1. The van der Waals surface area contributed by atoms with E-state index in [9.17, 15) is 4.79 Å². The lowest BCUT2D eigenvalue weighted by atomic mass is 10.1. The molecule has 82 valence electrons. The Morgan fingerprint density at radius 2 is 2.27 bits per heavy atom. The lowest BCUT2D eigenvalue weighted by Crippen LogP contribution is -2.33. The lowest BCUT2D eigenvalue weighted by Gasteiger charge is -2.11. The quantitative estimate of drug-likeness (QED) is 0.852. The molecule has 1 N–H and O–H groups in total. The molecule has 1 amide bonds. The Morgan fingerprint density at radius 1 is 1.60 bits per heavy atom. The van der Waals surface area contributed by atoms with Gasteiger partial charge in [-0.3, -0.25) is 4.79 Å². The molecule has 0 aliphatic carbocycles. The second-order valence-electron chi connectivity index (χ2n) is 3.49. The molecule has 0 aliphatic heterocycles. The zero-order valence-electron chi connectivity index (χ0n) is 8.68. The van der Waals surface area contributed by atoms with Gasteiger partial charge >= 0.3 is 0 Å². The molecular formula is C11H13BrClNO. The standard InChI is InChI=1S/C11H13BrClNO/c1-7-5-9(3-4-10(7)12)11(15)14-8(2)6-13/h3-5,8H,6H2,1-2H3,(H,14,15). The number of aryl methyl sites for hydroxylation is 1. The van der Waals surface area contributed by atoms with E-state index in [1.165, 1.54) is 0 Å². The van der Waals surface area contributed by atoms with Crippen LogP contribution < -0.4 is 5.32 Å². The predicted octanol–water partition coefficient (Wildman–Crippen LogP) is 3.11. The molecule has 1 rings (SSSR count). The van der Waals surface area contributed by atoms with E-state index in [1.807, 2.05) is 26.0 Å². The van der Waals surface area contributed by atoms with Gasteiger partial charge in [0, 0.05) is 22.0 Å². The Hall–Kier alpha value is -0.540. The summed E-state index contributed by atoms with van der Waals surface area (Å²) in [5.74, 6) is 0.333. The van der Waals surface area contributed by atoms with Gasteiger partial charge in [0.2, 0.25) is 0 Å². The van der Waals surface area contributed by atoms with Crippen molar-refractivity contribution in [1.82, 2.24) is 5.32 Å². The van der Waals surface area contributed by atoms with Crippen LogP contribution in [-0.2, 0) is 0 Å². The largest absolute Gasteiger partial charge is 0.348 e. The number of nitrogens with one attached hydrogen (secondary N) is 1. The fraction of sp³-hybridized carbons (Fsp3) is 0.364. The van der Waals surface area contributed by atoms with Gasteiger partial charge in [0.15, 0.2) is 0 Å². The van der Waals surface area contributed by atoms with Crippen LogP contribution in [0.3, 0.4) is 0 Å². The van der Waals surface area contributed by atoms with Crippen molar-refractivity contribution in [2.45, 2.75) is 19.9 Å². The van der Waals surface area contributed by atoms with Gasteiger partial charge in [-0.25, -0.2) is 0 Å². The highest BCUT2D eigenvalue weighted by Gasteiger charge is 2.09. The molecule has 0 bridgehead atoms. The van der Waals surface area contributed by atoms with E-state index in [0.29, 0.717) is 11.4 Å². The van der Waals surface area contributed by atoms with Gasteiger partial charge in [-0.1, -0.05) is 15.9 Å². The maximum absolute atomic E-state index is 11.7. The van der Waals surface area contributed by atoms with Crippen molar-refractivity contribution in [2.75, 3.05) is 5.88 Å². The third-order valence-corrected chi connectivity index (χ3v) is 3.38. The Balaban J connectivity index is 2.78.